The maximum Gasteiger partial charge on any atom is 0.268 e. The minimum absolute atomic E-state index is 0. The Balaban J connectivity index is 0.00000200. The van der Waals surface area contributed by atoms with E-state index >= 15 is 0 Å². The van der Waals surface area contributed by atoms with E-state index in [4.69, 9.17) is 4.74 Å². The molecule has 1 aromatic heterocycles. The van der Waals surface area contributed by atoms with Crippen molar-refractivity contribution in [3.8, 4) is 0 Å². The van der Waals surface area contributed by atoms with Crippen LogP contribution in [-0.2, 0) is 11.8 Å². The minimum Gasteiger partial charge on any atom is -0.383 e. The molecule has 1 fully saturated rings. The molecule has 0 spiro atoms. The van der Waals surface area contributed by atoms with E-state index in [0.29, 0.717) is 18.8 Å². The van der Waals surface area contributed by atoms with Crippen molar-refractivity contribution in [2.45, 2.75) is 18.4 Å². The van der Waals surface area contributed by atoms with Crippen molar-refractivity contribution in [1.29, 1.82) is 0 Å². The third-order valence-electron chi connectivity index (χ3n) is 3.54. The summed E-state index contributed by atoms with van der Waals surface area (Å²) in [5.74, 6) is -0.0580. The highest BCUT2D eigenvalue weighted by Crippen LogP contribution is 2.19. The molecule has 1 unspecified atom stereocenters. The number of hydrogen-bond acceptors (Lipinski definition) is 3. The standard InChI is InChI=1S/C13H20BrN3O2.ClH/c1-17-7-10(14)6-11(17)12(18)15-8-13(9-19-2)4-3-5-16-13;/h6-7,16H,3-5,8-9H2,1-2H3,(H,15,18);1H. The summed E-state index contributed by atoms with van der Waals surface area (Å²) in [6.45, 7) is 2.18. The van der Waals surface area contributed by atoms with E-state index in [1.54, 1.807) is 7.11 Å². The molecule has 5 nitrogen and oxygen atoms in total. The van der Waals surface area contributed by atoms with Crippen LogP contribution in [0, 0.1) is 0 Å². The van der Waals surface area contributed by atoms with Gasteiger partial charge in [-0.3, -0.25) is 4.79 Å². The Labute approximate surface area is 134 Å². The fraction of sp³-hybridized carbons (Fsp3) is 0.615. The van der Waals surface area contributed by atoms with Crippen LogP contribution in [0.5, 0.6) is 0 Å². The van der Waals surface area contributed by atoms with Gasteiger partial charge in [-0.1, -0.05) is 0 Å². The SMILES string of the molecule is COCC1(CNC(=O)c2cc(Br)cn2C)CCCN1.Cl. The molecule has 0 saturated carbocycles. The lowest BCUT2D eigenvalue weighted by Crippen LogP contribution is -2.53. The highest BCUT2D eigenvalue weighted by atomic mass is 79.9. The van der Waals surface area contributed by atoms with Crippen molar-refractivity contribution < 1.29 is 9.53 Å². The molecule has 1 aliphatic heterocycles. The first-order valence-electron chi connectivity index (χ1n) is 6.40. The van der Waals surface area contributed by atoms with Crippen LogP contribution in [0.25, 0.3) is 0 Å². The van der Waals surface area contributed by atoms with E-state index in [0.717, 1.165) is 23.9 Å². The lowest BCUT2D eigenvalue weighted by molar-refractivity contribution is 0.0885. The van der Waals surface area contributed by atoms with Crippen LogP contribution in [0.2, 0.25) is 0 Å². The summed E-state index contributed by atoms with van der Waals surface area (Å²) in [5, 5.41) is 6.44. The Hall–Kier alpha value is -0.560. The highest BCUT2D eigenvalue weighted by molar-refractivity contribution is 9.10. The lowest BCUT2D eigenvalue weighted by atomic mass is 9.98. The highest BCUT2D eigenvalue weighted by Gasteiger charge is 2.33. The number of halogens is 2. The first kappa shape index (κ1) is 17.5. The number of rotatable bonds is 5. The van der Waals surface area contributed by atoms with E-state index in [9.17, 15) is 4.79 Å². The zero-order chi connectivity index (χ0) is 13.9. The quantitative estimate of drug-likeness (QED) is 0.834. The second kappa shape index (κ2) is 7.45. The molecule has 0 bridgehead atoms. The average molecular weight is 367 g/mol. The van der Waals surface area contributed by atoms with Crippen LogP contribution in [0.1, 0.15) is 23.3 Å². The summed E-state index contributed by atoms with van der Waals surface area (Å²) in [6, 6.07) is 1.82. The van der Waals surface area contributed by atoms with Gasteiger partial charge in [0, 0.05) is 31.4 Å². The monoisotopic (exact) mass is 365 g/mol. The van der Waals surface area contributed by atoms with Crippen LogP contribution >= 0.6 is 28.3 Å². The number of ether oxygens (including phenoxy) is 1. The third kappa shape index (κ3) is 3.97. The second-order valence-corrected chi connectivity index (χ2v) is 6.00. The first-order chi connectivity index (χ1) is 9.06. The smallest absolute Gasteiger partial charge is 0.268 e. The van der Waals surface area contributed by atoms with Gasteiger partial charge in [0.2, 0.25) is 0 Å². The molecular weight excluding hydrogens is 346 g/mol. The molecule has 2 rings (SSSR count). The van der Waals surface area contributed by atoms with Gasteiger partial charge in [-0.25, -0.2) is 0 Å². The zero-order valence-electron chi connectivity index (χ0n) is 11.7. The number of nitrogens with zero attached hydrogens (tertiary/aromatic N) is 1. The van der Waals surface area contributed by atoms with Gasteiger partial charge in [0.05, 0.1) is 12.1 Å². The summed E-state index contributed by atoms with van der Waals surface area (Å²) in [6.07, 6.45) is 4.01. The fourth-order valence-electron chi connectivity index (χ4n) is 2.56. The third-order valence-corrected chi connectivity index (χ3v) is 3.98. The summed E-state index contributed by atoms with van der Waals surface area (Å²) in [7, 11) is 3.55. The van der Waals surface area contributed by atoms with Crippen molar-refractivity contribution in [3.63, 3.8) is 0 Å². The minimum atomic E-state index is -0.118. The maximum absolute atomic E-state index is 12.2. The average Bonchev–Trinajstić information content (AvgIpc) is 2.94. The second-order valence-electron chi connectivity index (χ2n) is 5.08. The van der Waals surface area contributed by atoms with Crippen molar-refractivity contribution in [2.24, 2.45) is 7.05 Å². The molecule has 1 aromatic rings. The van der Waals surface area contributed by atoms with E-state index in [2.05, 4.69) is 26.6 Å². The van der Waals surface area contributed by atoms with Gasteiger partial charge in [0.25, 0.3) is 5.91 Å². The van der Waals surface area contributed by atoms with Gasteiger partial charge in [-0.2, -0.15) is 0 Å². The molecule has 7 heteroatoms. The fourth-order valence-corrected chi connectivity index (χ4v) is 3.08. The Morgan fingerprint density at radius 2 is 2.40 bits per heavy atom. The van der Waals surface area contributed by atoms with Crippen molar-refractivity contribution in [3.05, 3.63) is 22.4 Å². The van der Waals surface area contributed by atoms with E-state index in [-0.39, 0.29) is 23.9 Å². The molecule has 1 saturated heterocycles. The number of carbonyl (C=O) groups excluding carboxylic acids is 1. The molecule has 0 aliphatic carbocycles. The Bertz CT molecular complexity index is 458. The van der Waals surface area contributed by atoms with Gasteiger partial charge < -0.3 is 19.9 Å². The Morgan fingerprint density at radius 1 is 1.65 bits per heavy atom. The molecule has 1 amide bonds. The number of carbonyl (C=O) groups is 1. The topological polar surface area (TPSA) is 55.3 Å². The van der Waals surface area contributed by atoms with Crippen molar-refractivity contribution in [2.75, 3.05) is 26.8 Å². The van der Waals surface area contributed by atoms with Crippen LogP contribution in [0.15, 0.2) is 16.7 Å². The van der Waals surface area contributed by atoms with Gasteiger partial charge in [0.15, 0.2) is 0 Å². The molecule has 0 radical (unpaired) electrons. The summed E-state index contributed by atoms with van der Waals surface area (Å²) in [4.78, 5) is 12.2. The molecule has 2 N–H and O–H groups in total. The molecule has 20 heavy (non-hydrogen) atoms. The summed E-state index contributed by atoms with van der Waals surface area (Å²) < 4.78 is 7.99. The molecule has 114 valence electrons. The Kier molecular flexibility index (Phi) is 6.51. The number of hydrogen-bond donors (Lipinski definition) is 2. The predicted molar refractivity (Wildman–Crippen MR) is 84.5 cm³/mol. The number of aromatic nitrogens is 1. The van der Waals surface area contributed by atoms with Gasteiger partial charge in [-0.15, -0.1) is 12.4 Å². The Morgan fingerprint density at radius 3 is 2.90 bits per heavy atom. The van der Waals surface area contributed by atoms with Gasteiger partial charge in [0.1, 0.15) is 5.69 Å². The predicted octanol–water partition coefficient (Wildman–Crippen LogP) is 1.71. The van der Waals surface area contributed by atoms with Crippen molar-refractivity contribution >= 4 is 34.2 Å². The van der Waals surface area contributed by atoms with Gasteiger partial charge in [-0.05, 0) is 41.4 Å². The number of amides is 1. The number of aryl methyl sites for hydroxylation is 1. The largest absolute Gasteiger partial charge is 0.383 e. The van der Waals surface area contributed by atoms with Crippen LogP contribution in [-0.4, -0.2) is 42.8 Å². The van der Waals surface area contributed by atoms with Crippen molar-refractivity contribution in [1.82, 2.24) is 15.2 Å². The van der Waals surface area contributed by atoms with Crippen LogP contribution in [0.3, 0.4) is 0 Å². The van der Waals surface area contributed by atoms with E-state index in [1.165, 1.54) is 0 Å². The molecule has 0 aromatic carbocycles. The number of nitrogens with one attached hydrogen (secondary N) is 2. The molecular formula is C13H21BrClN3O2. The van der Waals surface area contributed by atoms with Crippen LogP contribution < -0.4 is 10.6 Å². The van der Waals surface area contributed by atoms with E-state index < -0.39 is 0 Å². The molecule has 1 aliphatic rings. The lowest BCUT2D eigenvalue weighted by Gasteiger charge is -2.28. The summed E-state index contributed by atoms with van der Waals surface area (Å²) >= 11 is 3.37. The van der Waals surface area contributed by atoms with Crippen LogP contribution in [0.4, 0.5) is 0 Å². The normalized spacial score (nSPS) is 21.6. The number of methoxy groups -OCH3 is 1. The first-order valence-corrected chi connectivity index (χ1v) is 7.20. The molecule has 2 heterocycles. The summed E-state index contributed by atoms with van der Waals surface area (Å²) in [5.41, 5.74) is 0.532. The maximum atomic E-state index is 12.2. The molecule has 1 atom stereocenters. The van der Waals surface area contributed by atoms with E-state index in [1.807, 2.05) is 23.9 Å². The van der Waals surface area contributed by atoms with Gasteiger partial charge >= 0.3 is 0 Å². The zero-order valence-corrected chi connectivity index (χ0v) is 14.1.